The van der Waals surface area contributed by atoms with Crippen molar-refractivity contribution in [1.29, 1.82) is 0 Å². The van der Waals surface area contributed by atoms with Crippen molar-refractivity contribution in [2.24, 2.45) is 5.92 Å². The van der Waals surface area contributed by atoms with Gasteiger partial charge in [-0.25, -0.2) is 8.42 Å². The molecule has 0 spiro atoms. The van der Waals surface area contributed by atoms with Gasteiger partial charge < -0.3 is 4.74 Å². The Labute approximate surface area is 160 Å². The normalized spacial score (nSPS) is 16.5. The molecule has 0 fully saturated rings. The van der Waals surface area contributed by atoms with Gasteiger partial charge in [0.2, 0.25) is 0 Å². The first-order valence-electron chi connectivity index (χ1n) is 8.67. The van der Waals surface area contributed by atoms with Crippen LogP contribution in [0.25, 0.3) is 5.69 Å². The van der Waals surface area contributed by atoms with E-state index in [-0.39, 0.29) is 23.4 Å². The molecule has 0 radical (unpaired) electrons. The van der Waals surface area contributed by atoms with E-state index in [9.17, 15) is 13.2 Å². The Bertz CT molecular complexity index is 1100. The molecular weight excluding hydrogens is 384 g/mol. The number of aryl methyl sites for hydroxylation is 1. The van der Waals surface area contributed by atoms with Gasteiger partial charge in [0.1, 0.15) is 0 Å². The van der Waals surface area contributed by atoms with Crippen molar-refractivity contribution < 1.29 is 17.9 Å². The third-order valence-corrected chi connectivity index (χ3v) is 5.87. The predicted molar refractivity (Wildman–Crippen MR) is 96.2 cm³/mol. The maximum Gasteiger partial charge on any atom is 0.309 e. The predicted octanol–water partition coefficient (Wildman–Crippen LogP) is 0.637. The van der Waals surface area contributed by atoms with Gasteiger partial charge in [0, 0.05) is 18.4 Å². The molecule has 1 unspecified atom stereocenters. The fourth-order valence-electron chi connectivity index (χ4n) is 3.19. The summed E-state index contributed by atoms with van der Waals surface area (Å²) < 4.78 is 30.0. The Balaban J connectivity index is 1.43. The van der Waals surface area contributed by atoms with E-state index >= 15 is 0 Å². The number of nitrogens with one attached hydrogen (secondary N) is 1. The zero-order valence-corrected chi connectivity index (χ0v) is 15.9. The van der Waals surface area contributed by atoms with Crippen LogP contribution < -0.4 is 0 Å². The Hall–Kier alpha value is -3.08. The smallest absolute Gasteiger partial charge is 0.309 e. The first-order valence-corrected chi connectivity index (χ1v) is 10.6. The molecule has 0 bridgehead atoms. The number of ether oxygens (including phenoxy) is 1. The standard InChI is InChI=1S/C17H18N6O4S/c1-28(25,26)14-6-4-13(5-7-14)23-16(20-21-22-23)10-27-17(24)11-2-3-12-9-18-19-15(12)8-11/h4-7,9,11H,2-3,8,10H2,1H3,(H,18,19). The van der Waals surface area contributed by atoms with Gasteiger partial charge in [-0.3, -0.25) is 9.89 Å². The Morgan fingerprint density at radius 1 is 1.32 bits per heavy atom. The van der Waals surface area contributed by atoms with Crippen LogP contribution in [0.15, 0.2) is 35.4 Å². The van der Waals surface area contributed by atoms with Gasteiger partial charge in [0.15, 0.2) is 22.3 Å². The topological polar surface area (TPSA) is 133 Å². The molecule has 0 aliphatic heterocycles. The second-order valence-electron chi connectivity index (χ2n) is 6.69. The maximum absolute atomic E-state index is 12.4. The lowest BCUT2D eigenvalue weighted by Gasteiger charge is -2.19. The van der Waals surface area contributed by atoms with Crippen LogP contribution in [0.1, 0.15) is 23.5 Å². The van der Waals surface area contributed by atoms with Crippen LogP contribution >= 0.6 is 0 Å². The lowest BCUT2D eigenvalue weighted by molar-refractivity contribution is -0.150. The number of tetrazole rings is 1. The number of carbonyl (C=O) groups excluding carboxylic acids is 1. The molecule has 0 saturated carbocycles. The summed E-state index contributed by atoms with van der Waals surface area (Å²) in [5.41, 5.74) is 2.69. The van der Waals surface area contributed by atoms with Crippen LogP contribution in [0.4, 0.5) is 0 Å². The molecule has 28 heavy (non-hydrogen) atoms. The van der Waals surface area contributed by atoms with Crippen molar-refractivity contribution in [2.75, 3.05) is 6.26 Å². The largest absolute Gasteiger partial charge is 0.457 e. The highest BCUT2D eigenvalue weighted by Crippen LogP contribution is 2.25. The van der Waals surface area contributed by atoms with E-state index in [4.69, 9.17) is 4.74 Å². The Morgan fingerprint density at radius 3 is 2.86 bits per heavy atom. The number of aromatic nitrogens is 6. The lowest BCUT2D eigenvalue weighted by Crippen LogP contribution is -2.25. The van der Waals surface area contributed by atoms with Gasteiger partial charge in [-0.15, -0.1) is 5.10 Å². The number of aromatic amines is 1. The van der Waals surface area contributed by atoms with E-state index in [2.05, 4.69) is 25.7 Å². The molecule has 3 aromatic rings. The van der Waals surface area contributed by atoms with E-state index < -0.39 is 9.84 Å². The lowest BCUT2D eigenvalue weighted by atomic mass is 9.88. The van der Waals surface area contributed by atoms with Crippen LogP contribution in [-0.2, 0) is 38.8 Å². The molecule has 10 nitrogen and oxygen atoms in total. The third kappa shape index (κ3) is 3.65. The van der Waals surface area contributed by atoms with Crippen LogP contribution in [0.5, 0.6) is 0 Å². The molecule has 11 heteroatoms. The molecule has 1 atom stereocenters. The highest BCUT2D eigenvalue weighted by atomic mass is 32.2. The molecule has 0 amide bonds. The minimum Gasteiger partial charge on any atom is -0.457 e. The molecule has 2 heterocycles. The number of sulfone groups is 1. The summed E-state index contributed by atoms with van der Waals surface area (Å²) in [7, 11) is -3.29. The quantitative estimate of drug-likeness (QED) is 0.615. The summed E-state index contributed by atoms with van der Waals surface area (Å²) in [6, 6.07) is 6.15. The number of fused-ring (bicyclic) bond motifs is 1. The number of esters is 1. The van der Waals surface area contributed by atoms with Crippen LogP contribution in [-0.4, -0.2) is 51.0 Å². The van der Waals surface area contributed by atoms with E-state index in [0.717, 1.165) is 23.9 Å². The van der Waals surface area contributed by atoms with Gasteiger partial charge in [-0.1, -0.05) is 0 Å². The zero-order valence-electron chi connectivity index (χ0n) is 15.1. The van der Waals surface area contributed by atoms with Crippen LogP contribution in [0, 0.1) is 5.92 Å². The minimum atomic E-state index is -3.29. The van der Waals surface area contributed by atoms with E-state index in [0.29, 0.717) is 24.4 Å². The van der Waals surface area contributed by atoms with Crippen LogP contribution in [0.3, 0.4) is 0 Å². The molecule has 2 aromatic heterocycles. The minimum absolute atomic E-state index is 0.0774. The third-order valence-electron chi connectivity index (χ3n) is 4.74. The fourth-order valence-corrected chi connectivity index (χ4v) is 3.82. The summed E-state index contributed by atoms with van der Waals surface area (Å²) in [6.07, 6.45) is 5.01. The second kappa shape index (κ2) is 7.15. The molecule has 1 aliphatic carbocycles. The van der Waals surface area contributed by atoms with Crippen molar-refractivity contribution in [1.82, 2.24) is 30.4 Å². The average Bonchev–Trinajstić information content (AvgIpc) is 3.34. The molecule has 4 rings (SSSR count). The van der Waals surface area contributed by atoms with Gasteiger partial charge in [0.25, 0.3) is 0 Å². The van der Waals surface area contributed by atoms with Crippen molar-refractivity contribution in [3.63, 3.8) is 0 Å². The van der Waals surface area contributed by atoms with Crippen molar-refractivity contribution in [3.05, 3.63) is 47.5 Å². The van der Waals surface area contributed by atoms with Gasteiger partial charge in [0.05, 0.1) is 22.7 Å². The summed E-state index contributed by atoms with van der Waals surface area (Å²) in [6.45, 7) is -0.0774. The molecule has 1 aliphatic rings. The fraction of sp³-hybridized carbons (Fsp3) is 0.353. The van der Waals surface area contributed by atoms with Gasteiger partial charge in [-0.05, 0) is 53.1 Å². The first kappa shape index (κ1) is 18.3. The summed E-state index contributed by atoms with van der Waals surface area (Å²) in [4.78, 5) is 12.6. The number of H-pyrrole nitrogens is 1. The molecular formula is C17H18N6O4S. The monoisotopic (exact) mass is 402 g/mol. The molecule has 1 aromatic carbocycles. The van der Waals surface area contributed by atoms with Crippen molar-refractivity contribution in [2.45, 2.75) is 30.8 Å². The first-order chi connectivity index (χ1) is 13.4. The maximum atomic E-state index is 12.4. The number of benzene rings is 1. The second-order valence-corrected chi connectivity index (χ2v) is 8.71. The summed E-state index contributed by atoms with van der Waals surface area (Å²) in [5.74, 6) is -0.188. The number of rotatable bonds is 5. The highest BCUT2D eigenvalue weighted by Gasteiger charge is 2.27. The molecule has 1 N–H and O–H groups in total. The van der Waals surface area contributed by atoms with E-state index in [1.807, 2.05) is 0 Å². The van der Waals surface area contributed by atoms with Crippen LogP contribution in [0.2, 0.25) is 0 Å². The van der Waals surface area contributed by atoms with Gasteiger partial charge in [-0.2, -0.15) is 9.78 Å². The summed E-state index contributed by atoms with van der Waals surface area (Å²) in [5, 5.41) is 18.3. The number of hydrogen-bond acceptors (Lipinski definition) is 8. The van der Waals surface area contributed by atoms with E-state index in [1.54, 1.807) is 18.3 Å². The summed E-state index contributed by atoms with van der Waals surface area (Å²) >= 11 is 0. The number of carbonyl (C=O) groups is 1. The zero-order chi connectivity index (χ0) is 19.7. The van der Waals surface area contributed by atoms with Crippen molar-refractivity contribution >= 4 is 15.8 Å². The Kier molecular flexibility index (Phi) is 4.67. The highest BCUT2D eigenvalue weighted by molar-refractivity contribution is 7.90. The SMILES string of the molecule is CS(=O)(=O)c1ccc(-n2nnnc2COC(=O)C2CCc3cn[nH]c3C2)cc1. The molecule has 146 valence electrons. The molecule has 0 saturated heterocycles. The number of nitrogens with zero attached hydrogens (tertiary/aromatic N) is 5. The van der Waals surface area contributed by atoms with Crippen molar-refractivity contribution in [3.8, 4) is 5.69 Å². The Morgan fingerprint density at radius 2 is 2.11 bits per heavy atom. The van der Waals surface area contributed by atoms with Gasteiger partial charge >= 0.3 is 5.97 Å². The number of hydrogen-bond donors (Lipinski definition) is 1. The average molecular weight is 402 g/mol. The van der Waals surface area contributed by atoms with E-state index in [1.165, 1.54) is 16.8 Å².